The lowest BCUT2D eigenvalue weighted by atomic mass is 9.95. The zero-order chi connectivity index (χ0) is 19.2. The minimum Gasteiger partial charge on any atom is -0.481 e. The van der Waals surface area contributed by atoms with Crippen molar-refractivity contribution in [3.63, 3.8) is 0 Å². The lowest BCUT2D eigenvalue weighted by Crippen LogP contribution is -2.27. The number of hydrogen-bond acceptors (Lipinski definition) is 5. The molecule has 0 aliphatic rings. The molecule has 0 saturated carbocycles. The normalized spacial score (nSPS) is 13.0. The summed E-state index contributed by atoms with van der Waals surface area (Å²) in [6.45, 7) is 3.91. The number of carboxylic acids is 2. The largest absolute Gasteiger partial charge is 0.481 e. The Bertz CT molecular complexity index is 405. The maximum atomic E-state index is 12.2. The highest BCUT2D eigenvalue weighted by molar-refractivity contribution is 5.88. The number of carbonyl (C=O) groups excluding carboxylic acids is 2. The van der Waals surface area contributed by atoms with Gasteiger partial charge in [0.15, 0.2) is 0 Å². The van der Waals surface area contributed by atoms with Crippen LogP contribution in [0.1, 0.15) is 78.1 Å². The number of rotatable bonds is 14. The van der Waals surface area contributed by atoms with E-state index in [0.717, 1.165) is 25.7 Å². The third-order valence-electron chi connectivity index (χ3n) is 4.09. The van der Waals surface area contributed by atoms with E-state index in [1.165, 1.54) is 0 Å². The molecule has 0 aliphatic carbocycles. The second kappa shape index (κ2) is 13.4. The van der Waals surface area contributed by atoms with Gasteiger partial charge in [-0.2, -0.15) is 0 Å². The molecule has 0 saturated heterocycles. The molecular weight excluding hydrogens is 328 g/mol. The number of esters is 2. The van der Waals surface area contributed by atoms with Crippen LogP contribution in [0.3, 0.4) is 0 Å². The van der Waals surface area contributed by atoms with Crippen molar-refractivity contribution in [2.24, 2.45) is 11.8 Å². The maximum absolute atomic E-state index is 12.2. The van der Waals surface area contributed by atoms with Crippen molar-refractivity contribution < 1.29 is 34.1 Å². The first-order valence-corrected chi connectivity index (χ1v) is 9.00. The fourth-order valence-electron chi connectivity index (χ4n) is 2.52. The van der Waals surface area contributed by atoms with Crippen molar-refractivity contribution in [1.82, 2.24) is 0 Å². The molecule has 0 rings (SSSR count). The highest BCUT2D eigenvalue weighted by atomic mass is 16.6. The molecule has 7 nitrogen and oxygen atoms in total. The summed E-state index contributed by atoms with van der Waals surface area (Å²) in [7, 11) is 0. The van der Waals surface area contributed by atoms with E-state index < -0.39 is 35.7 Å². The summed E-state index contributed by atoms with van der Waals surface area (Å²) in [6.07, 6.45) is 4.09. The van der Waals surface area contributed by atoms with Crippen molar-refractivity contribution in [3.05, 3.63) is 0 Å². The summed E-state index contributed by atoms with van der Waals surface area (Å²) in [5.74, 6) is -4.63. The maximum Gasteiger partial charge on any atom is 0.316 e. The molecule has 2 atom stereocenters. The Balaban J connectivity index is 4.78. The SMILES string of the molecule is CCCCC(CCC(=O)O)C(=O)OC(=O)C(CCCC)CCC(=O)O. The summed E-state index contributed by atoms with van der Waals surface area (Å²) < 4.78 is 4.97. The van der Waals surface area contributed by atoms with Gasteiger partial charge in [-0.25, -0.2) is 0 Å². The molecule has 0 heterocycles. The summed E-state index contributed by atoms with van der Waals surface area (Å²) >= 11 is 0. The number of unbranched alkanes of at least 4 members (excludes halogenated alkanes) is 2. The molecule has 2 N–H and O–H groups in total. The first kappa shape index (κ1) is 23.1. The molecule has 7 heteroatoms. The van der Waals surface area contributed by atoms with Crippen LogP contribution >= 0.6 is 0 Å². The highest BCUT2D eigenvalue weighted by Crippen LogP contribution is 2.21. The summed E-state index contributed by atoms with van der Waals surface area (Å²) in [5, 5.41) is 17.6. The molecule has 0 radical (unpaired) electrons. The molecule has 144 valence electrons. The van der Waals surface area contributed by atoms with Crippen LogP contribution in [0, 0.1) is 11.8 Å². The molecule has 0 aromatic heterocycles. The second-order valence-corrected chi connectivity index (χ2v) is 6.28. The van der Waals surface area contributed by atoms with Crippen molar-refractivity contribution >= 4 is 23.9 Å². The highest BCUT2D eigenvalue weighted by Gasteiger charge is 2.27. The number of hydrogen-bond donors (Lipinski definition) is 2. The van der Waals surface area contributed by atoms with Crippen LogP contribution < -0.4 is 0 Å². The van der Waals surface area contributed by atoms with Crippen LogP contribution in [-0.4, -0.2) is 34.1 Å². The van der Waals surface area contributed by atoms with Crippen molar-refractivity contribution in [3.8, 4) is 0 Å². The molecule has 0 bridgehead atoms. The fraction of sp³-hybridized carbons (Fsp3) is 0.778. The number of carbonyl (C=O) groups is 4. The average Bonchev–Trinajstić information content (AvgIpc) is 2.54. The van der Waals surface area contributed by atoms with E-state index in [1.54, 1.807) is 0 Å². The molecule has 0 aromatic carbocycles. The van der Waals surface area contributed by atoms with E-state index in [9.17, 15) is 19.2 Å². The second-order valence-electron chi connectivity index (χ2n) is 6.28. The Morgan fingerprint density at radius 3 is 1.36 bits per heavy atom. The van der Waals surface area contributed by atoms with E-state index in [4.69, 9.17) is 14.9 Å². The molecule has 0 spiro atoms. The van der Waals surface area contributed by atoms with Crippen LogP contribution in [0.5, 0.6) is 0 Å². The first-order chi connectivity index (χ1) is 11.8. The molecule has 2 unspecified atom stereocenters. The Kier molecular flexibility index (Phi) is 12.4. The predicted octanol–water partition coefficient (Wildman–Crippen LogP) is 3.40. The zero-order valence-electron chi connectivity index (χ0n) is 15.2. The van der Waals surface area contributed by atoms with Crippen LogP contribution in [0.15, 0.2) is 0 Å². The molecule has 0 fully saturated rings. The summed E-state index contributed by atoms with van der Waals surface area (Å²) in [6, 6.07) is 0. The molecule has 0 aliphatic heterocycles. The minimum absolute atomic E-state index is 0.135. The fourth-order valence-corrected chi connectivity index (χ4v) is 2.52. The van der Waals surface area contributed by atoms with Gasteiger partial charge in [0.2, 0.25) is 0 Å². The van der Waals surface area contributed by atoms with Gasteiger partial charge in [0.05, 0.1) is 11.8 Å². The van der Waals surface area contributed by atoms with E-state index in [1.807, 2.05) is 13.8 Å². The Hall–Kier alpha value is -1.92. The predicted molar refractivity (Wildman–Crippen MR) is 90.9 cm³/mol. The molecular formula is C18H30O7. The van der Waals surface area contributed by atoms with E-state index >= 15 is 0 Å². The van der Waals surface area contributed by atoms with Gasteiger partial charge in [0, 0.05) is 12.8 Å². The van der Waals surface area contributed by atoms with Gasteiger partial charge in [-0.3, -0.25) is 19.2 Å². The minimum atomic E-state index is -0.997. The number of ether oxygens (including phenoxy) is 1. The Morgan fingerprint density at radius 1 is 0.720 bits per heavy atom. The average molecular weight is 358 g/mol. The van der Waals surface area contributed by atoms with Crippen molar-refractivity contribution in [1.29, 1.82) is 0 Å². The van der Waals surface area contributed by atoms with Gasteiger partial charge in [0.1, 0.15) is 0 Å². The summed E-state index contributed by atoms with van der Waals surface area (Å²) in [4.78, 5) is 45.9. The Labute approximate surface area is 148 Å². The van der Waals surface area contributed by atoms with Crippen LogP contribution in [-0.2, 0) is 23.9 Å². The van der Waals surface area contributed by atoms with Gasteiger partial charge >= 0.3 is 23.9 Å². The molecule has 0 aromatic rings. The van der Waals surface area contributed by atoms with E-state index in [2.05, 4.69) is 0 Å². The first-order valence-electron chi connectivity index (χ1n) is 9.00. The third-order valence-corrected chi connectivity index (χ3v) is 4.09. The number of aliphatic carboxylic acids is 2. The van der Waals surface area contributed by atoms with Crippen molar-refractivity contribution in [2.75, 3.05) is 0 Å². The third kappa shape index (κ3) is 11.3. The molecule has 0 amide bonds. The lowest BCUT2D eigenvalue weighted by molar-refractivity contribution is -0.166. The topological polar surface area (TPSA) is 118 Å². The van der Waals surface area contributed by atoms with Gasteiger partial charge < -0.3 is 14.9 Å². The van der Waals surface area contributed by atoms with Crippen LogP contribution in [0.25, 0.3) is 0 Å². The molecule has 25 heavy (non-hydrogen) atoms. The zero-order valence-corrected chi connectivity index (χ0v) is 15.2. The summed E-state index contributed by atoms with van der Waals surface area (Å²) in [5.41, 5.74) is 0. The van der Waals surface area contributed by atoms with Crippen molar-refractivity contribution in [2.45, 2.75) is 78.1 Å². The van der Waals surface area contributed by atoms with E-state index in [0.29, 0.717) is 12.8 Å². The van der Waals surface area contributed by atoms with Crippen LogP contribution in [0.2, 0.25) is 0 Å². The van der Waals surface area contributed by atoms with E-state index in [-0.39, 0.29) is 25.7 Å². The quantitative estimate of drug-likeness (QED) is 0.361. The smallest absolute Gasteiger partial charge is 0.316 e. The number of carboxylic acid groups (broad SMARTS) is 2. The van der Waals surface area contributed by atoms with Gasteiger partial charge in [-0.05, 0) is 25.7 Å². The van der Waals surface area contributed by atoms with Gasteiger partial charge in [-0.1, -0.05) is 39.5 Å². The Morgan fingerprint density at radius 2 is 1.08 bits per heavy atom. The van der Waals surface area contributed by atoms with Gasteiger partial charge in [-0.15, -0.1) is 0 Å². The monoisotopic (exact) mass is 358 g/mol. The van der Waals surface area contributed by atoms with Gasteiger partial charge in [0.25, 0.3) is 0 Å². The standard InChI is InChI=1S/C18H30O7/c1-3-5-7-13(9-11-15(19)20)17(23)25-18(24)14(8-6-4-2)10-12-16(21)22/h13-14H,3-12H2,1-2H3,(H,19,20)(H,21,22). The lowest BCUT2D eigenvalue weighted by Gasteiger charge is -2.17. The van der Waals surface area contributed by atoms with Crippen LogP contribution in [0.4, 0.5) is 0 Å².